The van der Waals surface area contributed by atoms with Crippen molar-refractivity contribution in [2.45, 2.75) is 63.0 Å². The van der Waals surface area contributed by atoms with E-state index in [1.807, 2.05) is 42.5 Å². The van der Waals surface area contributed by atoms with Crippen molar-refractivity contribution in [3.8, 4) is 5.75 Å². The highest BCUT2D eigenvalue weighted by molar-refractivity contribution is 6.76. The lowest BCUT2D eigenvalue weighted by atomic mass is 10.0. The van der Waals surface area contributed by atoms with E-state index in [-0.39, 0.29) is 12.2 Å². The van der Waals surface area contributed by atoms with Crippen LogP contribution in [0.25, 0.3) is 0 Å². The lowest BCUT2D eigenvalue weighted by Crippen LogP contribution is -2.55. The van der Waals surface area contributed by atoms with Gasteiger partial charge in [0.1, 0.15) is 11.9 Å². The molecule has 8 heteroatoms. The smallest absolute Gasteiger partial charge is 0.338 e. The van der Waals surface area contributed by atoms with Gasteiger partial charge in [0, 0.05) is 26.7 Å². The Labute approximate surface area is 202 Å². The number of rotatable bonds is 8. The maximum atomic E-state index is 12.8. The summed E-state index contributed by atoms with van der Waals surface area (Å²) in [7, 11) is 0.347. The van der Waals surface area contributed by atoms with Crippen LogP contribution in [0.5, 0.6) is 5.75 Å². The largest absolute Gasteiger partial charge is 0.497 e. The highest BCUT2D eigenvalue weighted by Crippen LogP contribution is 2.36. The van der Waals surface area contributed by atoms with Gasteiger partial charge in [0.05, 0.1) is 25.4 Å². The van der Waals surface area contributed by atoms with Crippen LogP contribution in [-0.4, -0.2) is 59.0 Å². The van der Waals surface area contributed by atoms with E-state index in [2.05, 4.69) is 19.6 Å². The van der Waals surface area contributed by atoms with Crippen LogP contribution >= 0.6 is 0 Å². The van der Waals surface area contributed by atoms with Gasteiger partial charge in [-0.05, 0) is 30.3 Å². The Kier molecular flexibility index (Phi) is 8.05. The van der Waals surface area contributed by atoms with Crippen LogP contribution in [0.1, 0.15) is 28.6 Å². The zero-order valence-corrected chi connectivity index (χ0v) is 21.3. The molecule has 0 bridgehead atoms. The van der Waals surface area contributed by atoms with Crippen LogP contribution in [-0.2, 0) is 23.7 Å². The van der Waals surface area contributed by atoms with Crippen molar-refractivity contribution in [1.29, 1.82) is 0 Å². The average molecular weight is 487 g/mol. The van der Waals surface area contributed by atoms with Crippen LogP contribution in [0.2, 0.25) is 25.7 Å². The molecule has 0 aromatic heterocycles. The highest BCUT2D eigenvalue weighted by Gasteiger charge is 2.45. The van der Waals surface area contributed by atoms with Gasteiger partial charge in [-0.3, -0.25) is 0 Å². The summed E-state index contributed by atoms with van der Waals surface area (Å²) in [6.45, 7) is 7.82. The fourth-order valence-electron chi connectivity index (χ4n) is 3.96. The molecular weight excluding hydrogens is 452 g/mol. The molecule has 0 N–H and O–H groups in total. The van der Waals surface area contributed by atoms with E-state index in [1.54, 1.807) is 19.2 Å². The Morgan fingerprint density at radius 2 is 1.74 bits per heavy atom. The van der Waals surface area contributed by atoms with Gasteiger partial charge < -0.3 is 28.4 Å². The number of carbonyl (C=O) groups is 1. The van der Waals surface area contributed by atoms with E-state index >= 15 is 0 Å². The average Bonchev–Trinajstić information content (AvgIpc) is 2.84. The first-order valence-electron chi connectivity index (χ1n) is 11.8. The number of fused-ring (bicyclic) bond motifs is 1. The van der Waals surface area contributed by atoms with E-state index in [9.17, 15) is 4.79 Å². The van der Waals surface area contributed by atoms with Crippen molar-refractivity contribution in [3.05, 3.63) is 65.7 Å². The minimum absolute atomic E-state index is 0.286. The molecule has 2 heterocycles. The number of ether oxygens (including phenoxy) is 6. The fourth-order valence-corrected chi connectivity index (χ4v) is 4.69. The minimum Gasteiger partial charge on any atom is -0.497 e. The normalized spacial score (nSPS) is 27.0. The van der Waals surface area contributed by atoms with Crippen molar-refractivity contribution >= 4 is 14.0 Å². The number of carbonyl (C=O) groups excluding carboxylic acids is 1. The molecule has 0 saturated carbocycles. The van der Waals surface area contributed by atoms with Gasteiger partial charge in [-0.1, -0.05) is 50.0 Å². The molecule has 0 unspecified atom stereocenters. The molecular formula is C26H34O7Si. The van der Waals surface area contributed by atoms with Crippen LogP contribution in [0, 0.1) is 0 Å². The minimum atomic E-state index is -1.28. The second-order valence-electron chi connectivity index (χ2n) is 9.88. The molecule has 4 rings (SSSR count). The van der Waals surface area contributed by atoms with E-state index in [1.165, 1.54) is 0 Å². The molecule has 0 aliphatic carbocycles. The van der Waals surface area contributed by atoms with Crippen molar-refractivity contribution in [1.82, 2.24) is 0 Å². The van der Waals surface area contributed by atoms with Gasteiger partial charge in [-0.15, -0.1) is 0 Å². The zero-order valence-electron chi connectivity index (χ0n) is 20.3. The molecule has 2 aliphatic heterocycles. The zero-order chi connectivity index (χ0) is 24.1. The van der Waals surface area contributed by atoms with Gasteiger partial charge in [-0.25, -0.2) is 4.79 Å². The second kappa shape index (κ2) is 11.0. The van der Waals surface area contributed by atoms with Crippen LogP contribution in [0.4, 0.5) is 0 Å². The third-order valence-electron chi connectivity index (χ3n) is 5.99. The van der Waals surface area contributed by atoms with Crippen molar-refractivity contribution in [2.75, 3.05) is 20.3 Å². The standard InChI is InChI=1S/C26H34O7Si/c1-28-20-12-10-19(11-13-20)25-30-17-23-21(32-25)16-22(26(33-23)29-14-15-34(2,3)4)31-24(27)18-8-6-5-7-9-18/h5-13,21-23,25-26H,14-17H2,1-4H3/t21-,22+,23+,25+,26+/m0/s1. The summed E-state index contributed by atoms with van der Waals surface area (Å²) in [5.41, 5.74) is 1.39. The van der Waals surface area contributed by atoms with E-state index in [0.717, 1.165) is 17.4 Å². The molecule has 2 aromatic rings. The first-order valence-corrected chi connectivity index (χ1v) is 15.5. The summed E-state index contributed by atoms with van der Waals surface area (Å²) in [4.78, 5) is 12.8. The van der Waals surface area contributed by atoms with Crippen molar-refractivity contribution in [3.63, 3.8) is 0 Å². The number of hydrogen-bond donors (Lipinski definition) is 0. The lowest BCUT2D eigenvalue weighted by molar-refractivity contribution is -0.335. The van der Waals surface area contributed by atoms with Gasteiger partial charge >= 0.3 is 5.97 Å². The molecule has 7 nitrogen and oxygen atoms in total. The van der Waals surface area contributed by atoms with Gasteiger partial charge in [0.15, 0.2) is 18.7 Å². The molecule has 0 radical (unpaired) electrons. The number of esters is 1. The third kappa shape index (κ3) is 6.46. The Hall–Kier alpha value is -2.23. The molecule has 2 aromatic carbocycles. The molecule has 2 aliphatic rings. The van der Waals surface area contributed by atoms with Crippen molar-refractivity contribution < 1.29 is 33.2 Å². The summed E-state index contributed by atoms with van der Waals surface area (Å²) < 4.78 is 35.6. The summed E-state index contributed by atoms with van der Waals surface area (Å²) >= 11 is 0. The molecule has 2 fully saturated rings. The van der Waals surface area contributed by atoms with Gasteiger partial charge in [0.25, 0.3) is 0 Å². The summed E-state index contributed by atoms with van der Waals surface area (Å²) in [5.74, 6) is 0.370. The van der Waals surface area contributed by atoms with Crippen LogP contribution in [0.3, 0.4) is 0 Å². The van der Waals surface area contributed by atoms with E-state index in [4.69, 9.17) is 28.4 Å². The molecule has 34 heavy (non-hydrogen) atoms. The first kappa shape index (κ1) is 24.9. The Morgan fingerprint density at radius 3 is 2.41 bits per heavy atom. The van der Waals surface area contributed by atoms with Gasteiger partial charge in [0.2, 0.25) is 0 Å². The van der Waals surface area contributed by atoms with Crippen LogP contribution in [0.15, 0.2) is 54.6 Å². The van der Waals surface area contributed by atoms with E-state index in [0.29, 0.717) is 25.2 Å². The van der Waals surface area contributed by atoms with Crippen LogP contribution < -0.4 is 4.74 Å². The number of benzene rings is 2. The predicted molar refractivity (Wildman–Crippen MR) is 130 cm³/mol. The SMILES string of the molecule is COc1ccc([C@@H]2OC[C@H]3O[C@@H](OCC[Si](C)(C)C)[C@H](OC(=O)c4ccccc4)C[C@@H]3O2)cc1. The topological polar surface area (TPSA) is 72.5 Å². The number of hydrogen-bond acceptors (Lipinski definition) is 7. The lowest BCUT2D eigenvalue weighted by Gasteiger charge is -2.44. The molecule has 0 spiro atoms. The monoisotopic (exact) mass is 486 g/mol. The highest BCUT2D eigenvalue weighted by atomic mass is 28.3. The molecule has 5 atom stereocenters. The first-order chi connectivity index (χ1) is 16.3. The maximum absolute atomic E-state index is 12.8. The second-order valence-corrected chi connectivity index (χ2v) is 15.5. The quantitative estimate of drug-likeness (QED) is 0.392. The Bertz CT molecular complexity index is 928. The third-order valence-corrected chi connectivity index (χ3v) is 7.70. The summed E-state index contributed by atoms with van der Waals surface area (Å²) in [5, 5.41) is 0. The fraction of sp³-hybridized carbons (Fsp3) is 0.500. The van der Waals surface area contributed by atoms with Gasteiger partial charge in [-0.2, -0.15) is 0 Å². The Balaban J connectivity index is 1.45. The van der Waals surface area contributed by atoms with E-state index < -0.39 is 32.7 Å². The summed E-state index contributed by atoms with van der Waals surface area (Å²) in [6.07, 6.45) is -1.87. The summed E-state index contributed by atoms with van der Waals surface area (Å²) in [6, 6.07) is 17.5. The Morgan fingerprint density at radius 1 is 1.00 bits per heavy atom. The predicted octanol–water partition coefficient (Wildman–Crippen LogP) is 4.80. The maximum Gasteiger partial charge on any atom is 0.338 e. The molecule has 2 saturated heterocycles. The van der Waals surface area contributed by atoms with Crippen molar-refractivity contribution in [2.24, 2.45) is 0 Å². The molecule has 0 amide bonds. The molecule has 184 valence electrons. The number of methoxy groups -OCH3 is 1.